The quantitative estimate of drug-likeness (QED) is 0.790. The van der Waals surface area contributed by atoms with E-state index in [2.05, 4.69) is 17.2 Å². The molecule has 4 heteroatoms. The van der Waals surface area contributed by atoms with Crippen molar-refractivity contribution in [2.45, 2.75) is 57.6 Å². The molecule has 2 atom stereocenters. The summed E-state index contributed by atoms with van der Waals surface area (Å²) in [7, 11) is 0. The topological polar surface area (TPSA) is 34.1 Å². The normalized spacial score (nSPS) is 20.2. The highest BCUT2D eigenvalue weighted by atomic mass is 19.1. The summed E-state index contributed by atoms with van der Waals surface area (Å²) in [6.07, 6.45) is 9.89. The molecule has 112 valence electrons. The van der Waals surface area contributed by atoms with E-state index < -0.39 is 0 Å². The van der Waals surface area contributed by atoms with Crippen LogP contribution in [-0.2, 0) is 4.74 Å². The third-order valence-corrected chi connectivity index (χ3v) is 3.86. The molecule has 0 spiro atoms. The lowest BCUT2D eigenvalue weighted by Crippen LogP contribution is -2.23. The number of aromatic nitrogens is 1. The molecule has 0 bridgehead atoms. The standard InChI is InChI=1S/C16H25FN2O/c1-2-9-19-16(14-8-10-18-12-15(14)17)7-3-5-13-6-4-11-20-13/h8,10,12-13,16,19H,2-7,9,11H2,1H3. The zero-order chi connectivity index (χ0) is 14.2. The van der Waals surface area contributed by atoms with Crippen molar-refractivity contribution in [2.75, 3.05) is 13.2 Å². The molecule has 1 aliphatic rings. The van der Waals surface area contributed by atoms with Crippen LogP contribution in [0.4, 0.5) is 4.39 Å². The van der Waals surface area contributed by atoms with Crippen LogP contribution in [0.2, 0.25) is 0 Å². The minimum atomic E-state index is -0.210. The molecule has 2 unspecified atom stereocenters. The summed E-state index contributed by atoms with van der Waals surface area (Å²) in [6, 6.07) is 1.87. The molecular formula is C16H25FN2O. The summed E-state index contributed by atoms with van der Waals surface area (Å²) in [5.74, 6) is -0.210. The van der Waals surface area contributed by atoms with Gasteiger partial charge in [0.2, 0.25) is 0 Å². The molecule has 0 aromatic carbocycles. The molecule has 1 aromatic rings. The van der Waals surface area contributed by atoms with Gasteiger partial charge in [0, 0.05) is 24.4 Å². The van der Waals surface area contributed by atoms with Gasteiger partial charge in [-0.15, -0.1) is 0 Å². The van der Waals surface area contributed by atoms with Crippen LogP contribution in [-0.4, -0.2) is 24.2 Å². The number of hydrogen-bond donors (Lipinski definition) is 1. The van der Waals surface area contributed by atoms with E-state index in [1.807, 2.05) is 0 Å². The maximum Gasteiger partial charge on any atom is 0.146 e. The number of nitrogens with zero attached hydrogens (tertiary/aromatic N) is 1. The highest BCUT2D eigenvalue weighted by Crippen LogP contribution is 2.24. The number of rotatable bonds is 8. The van der Waals surface area contributed by atoms with E-state index in [-0.39, 0.29) is 11.9 Å². The van der Waals surface area contributed by atoms with Gasteiger partial charge in [-0.2, -0.15) is 0 Å². The Morgan fingerprint density at radius 3 is 3.15 bits per heavy atom. The highest BCUT2D eigenvalue weighted by molar-refractivity contribution is 5.17. The summed E-state index contributed by atoms with van der Waals surface area (Å²) in [4.78, 5) is 3.83. The van der Waals surface area contributed by atoms with Gasteiger partial charge in [-0.1, -0.05) is 6.92 Å². The molecule has 1 N–H and O–H groups in total. The van der Waals surface area contributed by atoms with Gasteiger partial charge in [0.05, 0.1) is 12.3 Å². The van der Waals surface area contributed by atoms with Gasteiger partial charge < -0.3 is 10.1 Å². The predicted molar refractivity (Wildman–Crippen MR) is 78.1 cm³/mol. The zero-order valence-electron chi connectivity index (χ0n) is 12.3. The minimum absolute atomic E-state index is 0.0827. The second-order valence-corrected chi connectivity index (χ2v) is 5.47. The first kappa shape index (κ1) is 15.4. The summed E-state index contributed by atoms with van der Waals surface area (Å²) in [5.41, 5.74) is 0.737. The molecule has 2 rings (SSSR count). The fourth-order valence-electron chi connectivity index (χ4n) is 2.78. The fraction of sp³-hybridized carbons (Fsp3) is 0.688. The highest BCUT2D eigenvalue weighted by Gasteiger charge is 2.18. The Hall–Kier alpha value is -1.00. The van der Waals surface area contributed by atoms with Crippen molar-refractivity contribution >= 4 is 0 Å². The molecular weight excluding hydrogens is 255 g/mol. The van der Waals surface area contributed by atoms with Crippen molar-refractivity contribution in [1.29, 1.82) is 0 Å². The van der Waals surface area contributed by atoms with Gasteiger partial charge in [-0.3, -0.25) is 4.98 Å². The molecule has 1 saturated heterocycles. The Balaban J connectivity index is 1.87. The lowest BCUT2D eigenvalue weighted by atomic mass is 9.99. The van der Waals surface area contributed by atoms with E-state index in [1.54, 1.807) is 12.3 Å². The number of halogens is 1. The van der Waals surface area contributed by atoms with Crippen molar-refractivity contribution in [1.82, 2.24) is 10.3 Å². The Bertz CT molecular complexity index is 394. The van der Waals surface area contributed by atoms with E-state index in [0.717, 1.165) is 44.4 Å². The monoisotopic (exact) mass is 280 g/mol. The molecule has 20 heavy (non-hydrogen) atoms. The van der Waals surface area contributed by atoms with Crippen molar-refractivity contribution in [2.24, 2.45) is 0 Å². The number of ether oxygens (including phenoxy) is 1. The van der Waals surface area contributed by atoms with Gasteiger partial charge in [0.25, 0.3) is 0 Å². The number of pyridine rings is 1. The third-order valence-electron chi connectivity index (χ3n) is 3.86. The maximum atomic E-state index is 13.9. The average molecular weight is 280 g/mol. The lowest BCUT2D eigenvalue weighted by Gasteiger charge is -2.20. The van der Waals surface area contributed by atoms with Crippen molar-refractivity contribution < 1.29 is 9.13 Å². The first-order chi connectivity index (χ1) is 9.81. The molecule has 1 aliphatic heterocycles. The van der Waals surface area contributed by atoms with Crippen LogP contribution in [0.1, 0.15) is 57.1 Å². The molecule has 3 nitrogen and oxygen atoms in total. The van der Waals surface area contributed by atoms with Crippen molar-refractivity contribution in [3.8, 4) is 0 Å². The van der Waals surface area contributed by atoms with Gasteiger partial charge in [-0.05, 0) is 51.1 Å². The van der Waals surface area contributed by atoms with E-state index in [1.165, 1.54) is 19.0 Å². The van der Waals surface area contributed by atoms with Crippen LogP contribution in [0.25, 0.3) is 0 Å². The van der Waals surface area contributed by atoms with Crippen molar-refractivity contribution in [3.05, 3.63) is 29.8 Å². The molecule has 0 radical (unpaired) electrons. The van der Waals surface area contributed by atoms with Crippen LogP contribution in [0.15, 0.2) is 18.5 Å². The van der Waals surface area contributed by atoms with Gasteiger partial charge in [0.15, 0.2) is 0 Å². The summed E-state index contributed by atoms with van der Waals surface area (Å²) >= 11 is 0. The first-order valence-corrected chi connectivity index (χ1v) is 7.75. The molecule has 1 aromatic heterocycles. The smallest absolute Gasteiger partial charge is 0.146 e. The maximum absolute atomic E-state index is 13.9. The van der Waals surface area contributed by atoms with Crippen LogP contribution in [0, 0.1) is 5.82 Å². The molecule has 0 aliphatic carbocycles. The Morgan fingerprint density at radius 2 is 2.45 bits per heavy atom. The molecule has 0 saturated carbocycles. The minimum Gasteiger partial charge on any atom is -0.378 e. The first-order valence-electron chi connectivity index (χ1n) is 7.75. The SMILES string of the molecule is CCCNC(CCCC1CCCO1)c1ccncc1F. The Labute approximate surface area is 120 Å². The summed E-state index contributed by atoms with van der Waals surface area (Å²) < 4.78 is 19.5. The molecule has 0 amide bonds. The van der Waals surface area contributed by atoms with Crippen LogP contribution in [0.5, 0.6) is 0 Å². The second kappa shape index (κ2) is 8.32. The van der Waals surface area contributed by atoms with Gasteiger partial charge in [-0.25, -0.2) is 4.39 Å². The van der Waals surface area contributed by atoms with Crippen LogP contribution < -0.4 is 5.32 Å². The van der Waals surface area contributed by atoms with Crippen molar-refractivity contribution in [3.63, 3.8) is 0 Å². The van der Waals surface area contributed by atoms with E-state index in [0.29, 0.717) is 6.10 Å². The predicted octanol–water partition coefficient (Wildman–Crippen LogP) is 3.61. The lowest BCUT2D eigenvalue weighted by molar-refractivity contribution is 0.101. The van der Waals surface area contributed by atoms with E-state index in [9.17, 15) is 4.39 Å². The fourth-order valence-corrected chi connectivity index (χ4v) is 2.78. The summed E-state index contributed by atoms with van der Waals surface area (Å²) in [6.45, 7) is 3.94. The van der Waals surface area contributed by atoms with E-state index >= 15 is 0 Å². The zero-order valence-corrected chi connectivity index (χ0v) is 12.3. The van der Waals surface area contributed by atoms with Gasteiger partial charge >= 0.3 is 0 Å². The largest absolute Gasteiger partial charge is 0.378 e. The second-order valence-electron chi connectivity index (χ2n) is 5.47. The third kappa shape index (κ3) is 4.53. The molecule has 1 fully saturated rings. The average Bonchev–Trinajstić information content (AvgIpc) is 2.97. The van der Waals surface area contributed by atoms with E-state index in [4.69, 9.17) is 4.74 Å². The number of nitrogens with one attached hydrogen (secondary N) is 1. The van der Waals surface area contributed by atoms with Crippen LogP contribution in [0.3, 0.4) is 0 Å². The number of hydrogen-bond acceptors (Lipinski definition) is 3. The van der Waals surface area contributed by atoms with Gasteiger partial charge in [0.1, 0.15) is 5.82 Å². The Morgan fingerprint density at radius 1 is 1.55 bits per heavy atom. The summed E-state index contributed by atoms with van der Waals surface area (Å²) in [5, 5.41) is 3.44. The molecule has 2 heterocycles. The van der Waals surface area contributed by atoms with Crippen LogP contribution >= 0.6 is 0 Å². The Kier molecular flexibility index (Phi) is 6.40.